The van der Waals surface area contributed by atoms with Crippen LogP contribution >= 0.6 is 11.8 Å². The lowest BCUT2D eigenvalue weighted by Gasteiger charge is -2.07. The van der Waals surface area contributed by atoms with Crippen molar-refractivity contribution in [2.45, 2.75) is 13.3 Å². The van der Waals surface area contributed by atoms with E-state index in [-0.39, 0.29) is 11.8 Å². The molecule has 0 aromatic heterocycles. The van der Waals surface area contributed by atoms with Crippen LogP contribution in [0, 0.1) is 5.92 Å². The Balaban J connectivity index is 2.55. The Morgan fingerprint density at radius 2 is 2.08 bits per heavy atom. The van der Waals surface area contributed by atoms with Crippen LogP contribution in [0.1, 0.15) is 12.5 Å². The van der Waals surface area contributed by atoms with Gasteiger partial charge in [-0.3, -0.25) is 9.63 Å². The molecule has 3 heteroatoms. The van der Waals surface area contributed by atoms with Gasteiger partial charge in [0.05, 0.1) is 0 Å². The molecule has 1 aromatic carbocycles. The maximum Gasteiger partial charge on any atom is 0.237 e. The highest BCUT2D eigenvalue weighted by molar-refractivity contribution is 6.21. The van der Waals surface area contributed by atoms with Crippen LogP contribution in [-0.2, 0) is 11.2 Å². The van der Waals surface area contributed by atoms with Gasteiger partial charge in [0.15, 0.2) is 0 Å². The molecule has 0 fully saturated rings. The third kappa shape index (κ3) is 3.07. The summed E-state index contributed by atoms with van der Waals surface area (Å²) in [5.74, 6) is -0.217. The zero-order chi connectivity index (χ0) is 9.68. The molecule has 13 heavy (non-hydrogen) atoms. The van der Waals surface area contributed by atoms with Crippen molar-refractivity contribution in [1.29, 1.82) is 0 Å². The van der Waals surface area contributed by atoms with E-state index < -0.39 is 0 Å². The highest BCUT2D eigenvalue weighted by Gasteiger charge is 2.11. The second kappa shape index (κ2) is 4.87. The fourth-order valence-electron chi connectivity index (χ4n) is 1.15. The van der Waals surface area contributed by atoms with Crippen LogP contribution < -0.4 is 4.84 Å². The molecule has 0 bridgehead atoms. The second-order valence-electron chi connectivity index (χ2n) is 3.05. The lowest BCUT2D eigenvalue weighted by Crippen LogP contribution is -2.22. The zero-order valence-electron chi connectivity index (χ0n) is 7.46. The van der Waals surface area contributed by atoms with Gasteiger partial charge in [-0.25, -0.2) is 0 Å². The number of hydrogen-bond acceptors (Lipinski definition) is 1. The minimum absolute atomic E-state index is 0.0834. The summed E-state index contributed by atoms with van der Waals surface area (Å²) >= 11 is 5.21. The van der Waals surface area contributed by atoms with E-state index >= 15 is 0 Å². The van der Waals surface area contributed by atoms with Gasteiger partial charge in [-0.05, 0) is 12.0 Å². The normalized spacial score (nSPS) is 12.2. The summed E-state index contributed by atoms with van der Waals surface area (Å²) in [6.07, 6.45) is 0.722. The van der Waals surface area contributed by atoms with Crippen molar-refractivity contribution in [2.75, 3.05) is 0 Å². The average Bonchev–Trinajstić information content (AvgIpc) is 2.18. The highest BCUT2D eigenvalue weighted by Crippen LogP contribution is 2.08. The van der Waals surface area contributed by atoms with Crippen molar-refractivity contribution in [3.8, 4) is 0 Å². The summed E-state index contributed by atoms with van der Waals surface area (Å²) in [4.78, 5) is 13.2. The largest absolute Gasteiger partial charge is 0.273 e. The Morgan fingerprint density at radius 1 is 1.46 bits per heavy atom. The van der Waals surface area contributed by atoms with Crippen LogP contribution in [0.5, 0.6) is 0 Å². The summed E-state index contributed by atoms with van der Waals surface area (Å²) in [7, 11) is 0. The number of nitrogens with one attached hydrogen (secondary N) is 1. The molecule has 1 unspecified atom stereocenters. The van der Waals surface area contributed by atoms with Gasteiger partial charge in [0.1, 0.15) is 0 Å². The van der Waals surface area contributed by atoms with Gasteiger partial charge < -0.3 is 0 Å². The smallest absolute Gasteiger partial charge is 0.237 e. The Bertz CT molecular complexity index is 274. The number of carbonyl (C=O) groups excluding carboxylic acids is 1. The van der Waals surface area contributed by atoms with Crippen LogP contribution in [-0.4, -0.2) is 5.91 Å². The predicted molar refractivity (Wildman–Crippen MR) is 53.3 cm³/mol. The summed E-state index contributed by atoms with van der Waals surface area (Å²) in [5, 5.41) is 0. The Labute approximate surface area is 83.0 Å². The molecule has 0 spiro atoms. The molecule has 0 saturated carbocycles. The lowest BCUT2D eigenvalue weighted by atomic mass is 10.0. The molecule has 0 aliphatic carbocycles. The Morgan fingerprint density at radius 3 is 2.62 bits per heavy atom. The van der Waals surface area contributed by atoms with Crippen molar-refractivity contribution in [3.05, 3.63) is 35.9 Å². The molecule has 0 heterocycles. The van der Waals surface area contributed by atoms with Crippen molar-refractivity contribution in [2.24, 2.45) is 5.92 Å². The van der Waals surface area contributed by atoms with E-state index in [0.717, 1.165) is 12.0 Å². The van der Waals surface area contributed by atoms with E-state index in [2.05, 4.69) is 4.84 Å². The lowest BCUT2D eigenvalue weighted by molar-refractivity contribution is -0.122. The topological polar surface area (TPSA) is 29.1 Å². The van der Waals surface area contributed by atoms with Crippen molar-refractivity contribution in [3.63, 3.8) is 0 Å². The number of benzene rings is 1. The first-order chi connectivity index (χ1) is 6.24. The summed E-state index contributed by atoms with van der Waals surface area (Å²) in [6.45, 7) is 1.85. The molecular formula is C10H12ClNO. The van der Waals surface area contributed by atoms with Crippen LogP contribution in [0.2, 0.25) is 0 Å². The van der Waals surface area contributed by atoms with Gasteiger partial charge >= 0.3 is 0 Å². The van der Waals surface area contributed by atoms with E-state index in [1.807, 2.05) is 37.3 Å². The molecule has 2 nitrogen and oxygen atoms in total. The van der Waals surface area contributed by atoms with Crippen LogP contribution in [0.25, 0.3) is 0 Å². The van der Waals surface area contributed by atoms with E-state index in [0.29, 0.717) is 0 Å². The zero-order valence-corrected chi connectivity index (χ0v) is 8.21. The minimum atomic E-state index is -0.134. The molecule has 1 atom stereocenters. The van der Waals surface area contributed by atoms with Crippen molar-refractivity contribution in [1.82, 2.24) is 4.84 Å². The molecule has 70 valence electrons. The Hall–Kier alpha value is -1.02. The number of hydrogen-bond donors (Lipinski definition) is 1. The number of rotatable bonds is 3. The molecule has 0 aliphatic rings. The van der Waals surface area contributed by atoms with E-state index in [4.69, 9.17) is 11.8 Å². The van der Waals surface area contributed by atoms with Crippen LogP contribution in [0.3, 0.4) is 0 Å². The Kier molecular flexibility index (Phi) is 3.77. The summed E-state index contributed by atoms with van der Waals surface area (Å²) < 4.78 is 0. The van der Waals surface area contributed by atoms with Gasteiger partial charge in [-0.15, -0.1) is 0 Å². The third-order valence-corrected chi connectivity index (χ3v) is 2.11. The number of halogens is 1. The molecular weight excluding hydrogens is 186 g/mol. The first kappa shape index (κ1) is 10.1. The molecule has 0 radical (unpaired) electrons. The maximum absolute atomic E-state index is 11.1. The van der Waals surface area contributed by atoms with E-state index in [1.165, 1.54) is 0 Å². The third-order valence-electron chi connectivity index (χ3n) is 1.93. The SMILES string of the molecule is CC(Cc1ccccc1)C(=O)NCl. The van der Waals surface area contributed by atoms with Gasteiger partial charge in [-0.1, -0.05) is 37.3 Å². The minimum Gasteiger partial charge on any atom is -0.273 e. The van der Waals surface area contributed by atoms with Gasteiger partial charge in [0, 0.05) is 17.7 Å². The maximum atomic E-state index is 11.1. The predicted octanol–water partition coefficient (Wildman–Crippen LogP) is 2.14. The van der Waals surface area contributed by atoms with Crippen molar-refractivity contribution < 1.29 is 4.79 Å². The quantitative estimate of drug-likeness (QED) is 0.740. The molecule has 1 aromatic rings. The summed E-state index contributed by atoms with van der Waals surface area (Å²) in [6, 6.07) is 9.87. The molecule has 1 amide bonds. The summed E-state index contributed by atoms with van der Waals surface area (Å²) in [5.41, 5.74) is 1.15. The average molecular weight is 198 g/mol. The monoisotopic (exact) mass is 197 g/mol. The fraction of sp³-hybridized carbons (Fsp3) is 0.300. The van der Waals surface area contributed by atoms with Crippen LogP contribution in [0.15, 0.2) is 30.3 Å². The molecule has 0 saturated heterocycles. The number of amides is 1. The fourth-order valence-corrected chi connectivity index (χ4v) is 1.34. The van der Waals surface area contributed by atoms with Gasteiger partial charge in [0.2, 0.25) is 5.91 Å². The van der Waals surface area contributed by atoms with E-state index in [9.17, 15) is 4.79 Å². The van der Waals surface area contributed by atoms with Crippen molar-refractivity contribution >= 4 is 17.7 Å². The van der Waals surface area contributed by atoms with Gasteiger partial charge in [0.25, 0.3) is 0 Å². The second-order valence-corrected chi connectivity index (χ2v) is 3.24. The molecule has 1 rings (SSSR count). The molecule has 1 N–H and O–H groups in total. The first-order valence-corrected chi connectivity index (χ1v) is 4.56. The first-order valence-electron chi connectivity index (χ1n) is 4.18. The number of carbonyl (C=O) groups is 1. The standard InChI is InChI=1S/C10H12ClNO/c1-8(10(13)12-11)7-9-5-3-2-4-6-9/h2-6,8H,7H2,1H3,(H,12,13). The van der Waals surface area contributed by atoms with Gasteiger partial charge in [-0.2, -0.15) is 0 Å². The van der Waals surface area contributed by atoms with E-state index in [1.54, 1.807) is 0 Å². The molecule has 0 aliphatic heterocycles. The van der Waals surface area contributed by atoms with Crippen LogP contribution in [0.4, 0.5) is 0 Å². The highest BCUT2D eigenvalue weighted by atomic mass is 35.5.